The minimum absolute atomic E-state index is 0.00932. The van der Waals surface area contributed by atoms with Crippen LogP contribution in [0.5, 0.6) is 5.75 Å². The van der Waals surface area contributed by atoms with Crippen LogP contribution in [-0.4, -0.2) is 21.6 Å². The third-order valence-electron chi connectivity index (χ3n) is 1.99. The maximum Gasteiger partial charge on any atom is 0.238 e. The van der Waals surface area contributed by atoms with E-state index < -0.39 is 10.0 Å². The van der Waals surface area contributed by atoms with Gasteiger partial charge in [-0.2, -0.15) is 0 Å². The second-order valence-electron chi connectivity index (χ2n) is 3.28. The summed E-state index contributed by atoms with van der Waals surface area (Å²) in [5.74, 6) is 0.408. The first-order chi connectivity index (χ1) is 7.97. The molecular weight excluding hydrogens is 247 g/mol. The van der Waals surface area contributed by atoms with E-state index in [1.54, 1.807) is 0 Å². The van der Waals surface area contributed by atoms with E-state index in [-0.39, 0.29) is 18.0 Å². The third-order valence-corrected chi connectivity index (χ3v) is 2.92. The standard InChI is InChI=1S/C10H13FN2O3S/c11-5-8(6-12)7-16-9-1-3-10(4-2-9)17(13,14)15/h1-5H,6-7,12H2,(H2,13,14,15). The maximum atomic E-state index is 12.2. The van der Waals surface area contributed by atoms with Crippen LogP contribution in [0, 0.1) is 0 Å². The molecule has 0 bridgehead atoms. The molecule has 0 atom stereocenters. The summed E-state index contributed by atoms with van der Waals surface area (Å²) >= 11 is 0. The number of rotatable bonds is 5. The van der Waals surface area contributed by atoms with Crippen LogP contribution in [-0.2, 0) is 10.0 Å². The molecule has 1 aromatic rings. The molecule has 0 amide bonds. The lowest BCUT2D eigenvalue weighted by atomic mass is 10.3. The van der Waals surface area contributed by atoms with Gasteiger partial charge in [-0.05, 0) is 24.3 Å². The maximum absolute atomic E-state index is 12.2. The number of sulfonamides is 1. The predicted octanol–water partition coefficient (Wildman–Crippen LogP) is 0.525. The van der Waals surface area contributed by atoms with Crippen molar-refractivity contribution < 1.29 is 17.5 Å². The van der Waals surface area contributed by atoms with E-state index in [9.17, 15) is 12.8 Å². The Bertz CT molecular complexity index is 497. The van der Waals surface area contributed by atoms with Crippen LogP contribution in [0.3, 0.4) is 0 Å². The van der Waals surface area contributed by atoms with Crippen molar-refractivity contribution in [1.29, 1.82) is 0 Å². The molecule has 0 aliphatic rings. The van der Waals surface area contributed by atoms with E-state index >= 15 is 0 Å². The van der Waals surface area contributed by atoms with Gasteiger partial charge in [-0.3, -0.25) is 0 Å². The molecule has 7 heteroatoms. The highest BCUT2D eigenvalue weighted by atomic mass is 32.2. The molecular formula is C10H13FN2O3S. The monoisotopic (exact) mass is 260 g/mol. The van der Waals surface area contributed by atoms with Crippen molar-refractivity contribution in [3.05, 3.63) is 36.2 Å². The van der Waals surface area contributed by atoms with Gasteiger partial charge in [0.15, 0.2) is 0 Å². The lowest BCUT2D eigenvalue weighted by molar-refractivity contribution is 0.347. The summed E-state index contributed by atoms with van der Waals surface area (Å²) in [6.45, 7) is 0.0769. The van der Waals surface area contributed by atoms with Crippen molar-refractivity contribution in [2.24, 2.45) is 10.9 Å². The van der Waals surface area contributed by atoms with Crippen molar-refractivity contribution in [1.82, 2.24) is 0 Å². The van der Waals surface area contributed by atoms with E-state index in [2.05, 4.69) is 0 Å². The number of ether oxygens (including phenoxy) is 1. The Morgan fingerprint density at radius 3 is 2.35 bits per heavy atom. The van der Waals surface area contributed by atoms with E-state index in [0.29, 0.717) is 17.7 Å². The number of benzene rings is 1. The van der Waals surface area contributed by atoms with Gasteiger partial charge in [0.2, 0.25) is 10.0 Å². The second-order valence-corrected chi connectivity index (χ2v) is 4.84. The van der Waals surface area contributed by atoms with Gasteiger partial charge in [-0.25, -0.2) is 17.9 Å². The normalized spacial score (nSPS) is 12.5. The number of halogens is 1. The molecule has 1 rings (SSSR count). The molecule has 0 unspecified atom stereocenters. The zero-order valence-corrected chi connectivity index (χ0v) is 9.78. The second kappa shape index (κ2) is 5.76. The Morgan fingerprint density at radius 2 is 1.94 bits per heavy atom. The molecule has 1 aromatic carbocycles. The molecule has 17 heavy (non-hydrogen) atoms. The summed E-state index contributed by atoms with van der Waals surface area (Å²) < 4.78 is 39.3. The van der Waals surface area contributed by atoms with Crippen LogP contribution in [0.4, 0.5) is 4.39 Å². The fourth-order valence-electron chi connectivity index (χ4n) is 1.04. The van der Waals surface area contributed by atoms with Crippen LogP contribution < -0.4 is 15.6 Å². The third kappa shape index (κ3) is 4.14. The molecule has 5 nitrogen and oxygen atoms in total. The van der Waals surface area contributed by atoms with Gasteiger partial charge in [-0.1, -0.05) is 0 Å². The van der Waals surface area contributed by atoms with E-state index in [1.807, 2.05) is 0 Å². The number of primary sulfonamides is 1. The summed E-state index contributed by atoms with van der Waals surface area (Å²) in [5, 5.41) is 4.93. The fourth-order valence-corrected chi connectivity index (χ4v) is 1.55. The van der Waals surface area contributed by atoms with Crippen molar-refractivity contribution >= 4 is 10.0 Å². The minimum atomic E-state index is -3.71. The highest BCUT2D eigenvalue weighted by Gasteiger charge is 2.07. The van der Waals surface area contributed by atoms with Crippen molar-refractivity contribution in [2.75, 3.05) is 13.2 Å². The molecule has 0 fully saturated rings. The van der Waals surface area contributed by atoms with Crippen LogP contribution in [0.25, 0.3) is 0 Å². The number of hydrogen-bond acceptors (Lipinski definition) is 4. The lowest BCUT2D eigenvalue weighted by Gasteiger charge is -2.07. The Hall–Kier alpha value is -1.44. The Labute approximate surface area is 98.9 Å². The fraction of sp³-hybridized carbons (Fsp3) is 0.200. The van der Waals surface area contributed by atoms with Gasteiger partial charge < -0.3 is 10.5 Å². The molecule has 0 radical (unpaired) electrons. The van der Waals surface area contributed by atoms with E-state index in [1.165, 1.54) is 24.3 Å². The van der Waals surface area contributed by atoms with Crippen molar-refractivity contribution in [3.63, 3.8) is 0 Å². The van der Waals surface area contributed by atoms with Gasteiger partial charge in [0.25, 0.3) is 0 Å². The number of hydrogen-bond donors (Lipinski definition) is 2. The van der Waals surface area contributed by atoms with Gasteiger partial charge >= 0.3 is 0 Å². The topological polar surface area (TPSA) is 95.4 Å². The highest BCUT2D eigenvalue weighted by Crippen LogP contribution is 2.15. The first-order valence-electron chi connectivity index (χ1n) is 4.71. The predicted molar refractivity (Wildman–Crippen MR) is 61.6 cm³/mol. The van der Waals surface area contributed by atoms with Gasteiger partial charge in [-0.15, -0.1) is 0 Å². The Kier molecular flexibility index (Phi) is 4.62. The van der Waals surface area contributed by atoms with Crippen molar-refractivity contribution in [2.45, 2.75) is 4.90 Å². The van der Waals surface area contributed by atoms with Crippen LogP contribution in [0.2, 0.25) is 0 Å². The summed E-state index contributed by atoms with van der Waals surface area (Å²) in [7, 11) is -3.71. The van der Waals surface area contributed by atoms with Crippen LogP contribution in [0.15, 0.2) is 41.1 Å². The van der Waals surface area contributed by atoms with Gasteiger partial charge in [0.05, 0.1) is 11.2 Å². The van der Waals surface area contributed by atoms with E-state index in [4.69, 9.17) is 15.6 Å². The first kappa shape index (κ1) is 13.6. The van der Waals surface area contributed by atoms with E-state index in [0.717, 1.165) is 0 Å². The van der Waals surface area contributed by atoms with Gasteiger partial charge in [0.1, 0.15) is 12.4 Å². The Morgan fingerprint density at radius 1 is 1.35 bits per heavy atom. The highest BCUT2D eigenvalue weighted by molar-refractivity contribution is 7.89. The zero-order chi connectivity index (χ0) is 12.9. The van der Waals surface area contributed by atoms with Crippen molar-refractivity contribution in [3.8, 4) is 5.75 Å². The number of nitrogens with two attached hydrogens (primary N) is 2. The van der Waals surface area contributed by atoms with Crippen LogP contribution in [0.1, 0.15) is 0 Å². The van der Waals surface area contributed by atoms with Gasteiger partial charge in [0, 0.05) is 12.1 Å². The quantitative estimate of drug-likeness (QED) is 0.807. The average Bonchev–Trinajstić information content (AvgIpc) is 2.30. The Balaban J connectivity index is 2.70. The average molecular weight is 260 g/mol. The van der Waals surface area contributed by atoms with Crippen LogP contribution >= 0.6 is 0 Å². The lowest BCUT2D eigenvalue weighted by Crippen LogP contribution is -2.12. The molecule has 4 N–H and O–H groups in total. The summed E-state index contributed by atoms with van der Waals surface area (Å²) in [4.78, 5) is -0.00932. The SMILES string of the molecule is NCC(=CF)COc1ccc(S(N)(=O)=O)cc1. The molecule has 0 saturated heterocycles. The summed E-state index contributed by atoms with van der Waals surface area (Å²) in [6.07, 6.45) is 0.388. The zero-order valence-electron chi connectivity index (χ0n) is 8.97. The minimum Gasteiger partial charge on any atom is -0.489 e. The molecule has 0 aliphatic carbocycles. The first-order valence-corrected chi connectivity index (χ1v) is 6.26. The molecule has 94 valence electrons. The summed E-state index contributed by atoms with van der Waals surface area (Å²) in [5.41, 5.74) is 5.55. The molecule has 0 saturated carbocycles. The molecule has 0 aliphatic heterocycles. The largest absolute Gasteiger partial charge is 0.489 e. The summed E-state index contributed by atoms with van der Waals surface area (Å²) in [6, 6.07) is 5.50. The smallest absolute Gasteiger partial charge is 0.238 e. The molecule has 0 heterocycles. The molecule has 0 aromatic heterocycles. The molecule has 0 spiro atoms.